The molecule has 156 valence electrons. The van der Waals surface area contributed by atoms with E-state index in [9.17, 15) is 0 Å². The summed E-state index contributed by atoms with van der Waals surface area (Å²) < 4.78 is 5.77. The number of likely N-dealkylation sites (N-methyl/N-ethyl adjacent to an activating group) is 1. The predicted octanol–water partition coefficient (Wildman–Crippen LogP) is 2.69. The number of nitrogen functional groups attached to an aromatic ring is 2. The predicted molar refractivity (Wildman–Crippen MR) is 120 cm³/mol. The summed E-state index contributed by atoms with van der Waals surface area (Å²) in [6, 6.07) is 11.7. The highest BCUT2D eigenvalue weighted by atomic mass is 35.5. The Morgan fingerprint density at radius 2 is 1.77 bits per heavy atom. The second-order valence-corrected chi connectivity index (χ2v) is 7.68. The summed E-state index contributed by atoms with van der Waals surface area (Å²) >= 11 is 5.94. The van der Waals surface area contributed by atoms with Crippen LogP contribution in [0.15, 0.2) is 42.6 Å². The van der Waals surface area contributed by atoms with E-state index < -0.39 is 0 Å². The second kappa shape index (κ2) is 8.73. The third-order valence-corrected chi connectivity index (χ3v) is 5.24. The van der Waals surface area contributed by atoms with Gasteiger partial charge in [0.15, 0.2) is 5.82 Å². The molecule has 30 heavy (non-hydrogen) atoms. The molecule has 0 spiro atoms. The van der Waals surface area contributed by atoms with Crippen LogP contribution >= 0.6 is 11.6 Å². The van der Waals surface area contributed by atoms with Gasteiger partial charge in [-0.05, 0) is 36.9 Å². The molecule has 3 aromatic rings. The van der Waals surface area contributed by atoms with Gasteiger partial charge in [0, 0.05) is 37.4 Å². The molecule has 0 bridgehead atoms. The average molecular weight is 426 g/mol. The molecule has 1 aliphatic heterocycles. The van der Waals surface area contributed by atoms with Gasteiger partial charge < -0.3 is 26.0 Å². The van der Waals surface area contributed by atoms with Gasteiger partial charge in [-0.1, -0.05) is 23.7 Å². The van der Waals surface area contributed by atoms with Gasteiger partial charge in [-0.25, -0.2) is 15.0 Å². The van der Waals surface area contributed by atoms with Gasteiger partial charge in [-0.3, -0.25) is 0 Å². The van der Waals surface area contributed by atoms with Crippen molar-refractivity contribution in [3.05, 3.63) is 53.3 Å². The van der Waals surface area contributed by atoms with Crippen molar-refractivity contribution in [2.75, 3.05) is 49.6 Å². The fourth-order valence-electron chi connectivity index (χ4n) is 3.34. The van der Waals surface area contributed by atoms with Gasteiger partial charge >= 0.3 is 0 Å². The van der Waals surface area contributed by atoms with Crippen LogP contribution in [0.5, 0.6) is 5.88 Å². The maximum absolute atomic E-state index is 5.95. The summed E-state index contributed by atoms with van der Waals surface area (Å²) in [4.78, 5) is 17.4. The summed E-state index contributed by atoms with van der Waals surface area (Å²) in [5.74, 6) is 0.817. The molecule has 8 nitrogen and oxygen atoms in total. The number of nitrogens with two attached hydrogens (primary N) is 2. The number of nitrogens with zero attached hydrogens (tertiary/aromatic N) is 5. The Balaban J connectivity index is 1.48. The molecule has 0 aliphatic carbocycles. The van der Waals surface area contributed by atoms with Gasteiger partial charge in [-0.15, -0.1) is 0 Å². The van der Waals surface area contributed by atoms with E-state index in [2.05, 4.69) is 43.9 Å². The van der Waals surface area contributed by atoms with E-state index >= 15 is 0 Å². The molecule has 4 rings (SSSR count). The highest BCUT2D eigenvalue weighted by molar-refractivity contribution is 6.29. The molecule has 1 aliphatic rings. The van der Waals surface area contributed by atoms with Crippen LogP contribution in [0.1, 0.15) is 5.56 Å². The Hall–Kier alpha value is -3.10. The number of ether oxygens (including phenoxy) is 1. The molecule has 2 aromatic heterocycles. The molecular formula is C21H24ClN7O. The third-order valence-electron chi connectivity index (χ3n) is 5.05. The van der Waals surface area contributed by atoms with Crippen LogP contribution in [0, 0.1) is 0 Å². The zero-order valence-corrected chi connectivity index (χ0v) is 17.5. The molecular weight excluding hydrogens is 402 g/mol. The molecule has 0 unspecified atom stereocenters. The lowest BCUT2D eigenvalue weighted by Gasteiger charge is -2.34. The number of piperazine rings is 1. The number of benzene rings is 1. The van der Waals surface area contributed by atoms with Crippen LogP contribution in [-0.4, -0.2) is 53.1 Å². The maximum atomic E-state index is 5.95. The number of hydrogen-bond donors (Lipinski definition) is 2. The lowest BCUT2D eigenvalue weighted by molar-refractivity contribution is 0.295. The van der Waals surface area contributed by atoms with Crippen LogP contribution in [-0.2, 0) is 6.61 Å². The van der Waals surface area contributed by atoms with Crippen molar-refractivity contribution in [3.8, 4) is 17.1 Å². The number of aromatic nitrogens is 3. The first kappa shape index (κ1) is 20.2. The Morgan fingerprint density at radius 3 is 2.47 bits per heavy atom. The van der Waals surface area contributed by atoms with E-state index in [0.29, 0.717) is 16.7 Å². The first-order valence-corrected chi connectivity index (χ1v) is 10.1. The molecule has 0 atom stereocenters. The van der Waals surface area contributed by atoms with Crippen molar-refractivity contribution in [2.45, 2.75) is 6.61 Å². The standard InChI is InChI=1S/C21H24ClN7O/c1-28-6-8-29(9-7-28)16-4-2-15(3-5-16)17-12-25-20(24)21(26-17)30-13-14-10-18(22)27-19(23)11-14/h2-5,10-12H,6-9,13H2,1H3,(H2,23,27)(H2,24,25). The van der Waals surface area contributed by atoms with Crippen molar-refractivity contribution >= 4 is 28.9 Å². The first-order chi connectivity index (χ1) is 14.5. The molecule has 3 heterocycles. The monoisotopic (exact) mass is 425 g/mol. The zero-order valence-electron chi connectivity index (χ0n) is 16.8. The van der Waals surface area contributed by atoms with Crippen molar-refractivity contribution in [3.63, 3.8) is 0 Å². The fourth-order valence-corrected chi connectivity index (χ4v) is 3.58. The van der Waals surface area contributed by atoms with E-state index in [-0.39, 0.29) is 18.3 Å². The minimum Gasteiger partial charge on any atom is -0.470 e. The van der Waals surface area contributed by atoms with Crippen LogP contribution in [0.2, 0.25) is 5.15 Å². The number of hydrogen-bond acceptors (Lipinski definition) is 8. The van der Waals surface area contributed by atoms with Gasteiger partial charge in [0.2, 0.25) is 0 Å². The molecule has 1 fully saturated rings. The smallest absolute Gasteiger partial charge is 0.258 e. The number of halogens is 1. The Morgan fingerprint density at radius 1 is 1.03 bits per heavy atom. The van der Waals surface area contributed by atoms with Gasteiger partial charge in [-0.2, -0.15) is 0 Å². The van der Waals surface area contributed by atoms with Crippen LogP contribution in [0.3, 0.4) is 0 Å². The summed E-state index contributed by atoms with van der Waals surface area (Å²) in [6.07, 6.45) is 1.65. The summed E-state index contributed by atoms with van der Waals surface area (Å²) in [7, 11) is 2.15. The number of pyridine rings is 1. The Bertz CT molecular complexity index is 1000. The molecule has 0 saturated carbocycles. The van der Waals surface area contributed by atoms with Crippen molar-refractivity contribution in [1.82, 2.24) is 19.9 Å². The third kappa shape index (κ3) is 4.72. The van der Waals surface area contributed by atoms with Crippen LogP contribution in [0.25, 0.3) is 11.3 Å². The molecule has 0 radical (unpaired) electrons. The summed E-state index contributed by atoms with van der Waals surface area (Å²) in [6.45, 7) is 4.40. The quantitative estimate of drug-likeness (QED) is 0.601. The SMILES string of the molecule is CN1CCN(c2ccc(-c3cnc(N)c(OCc4cc(N)nc(Cl)c4)n3)cc2)CC1. The molecule has 1 saturated heterocycles. The van der Waals surface area contributed by atoms with Gasteiger partial charge in [0.05, 0.1) is 11.9 Å². The van der Waals surface area contributed by atoms with E-state index in [0.717, 1.165) is 37.3 Å². The highest BCUT2D eigenvalue weighted by Gasteiger charge is 2.15. The van der Waals surface area contributed by atoms with Crippen LogP contribution < -0.4 is 21.1 Å². The lowest BCUT2D eigenvalue weighted by atomic mass is 10.1. The molecule has 9 heteroatoms. The average Bonchev–Trinajstić information content (AvgIpc) is 2.73. The first-order valence-electron chi connectivity index (χ1n) is 9.69. The fraction of sp³-hybridized carbons (Fsp3) is 0.286. The Labute approximate surface area is 180 Å². The van der Waals surface area contributed by atoms with Crippen molar-refractivity contribution < 1.29 is 4.74 Å². The van der Waals surface area contributed by atoms with Crippen LogP contribution in [0.4, 0.5) is 17.3 Å². The van der Waals surface area contributed by atoms with Gasteiger partial charge in [0.25, 0.3) is 5.88 Å². The van der Waals surface area contributed by atoms with E-state index in [1.807, 2.05) is 12.1 Å². The lowest BCUT2D eigenvalue weighted by Crippen LogP contribution is -2.44. The summed E-state index contributed by atoms with van der Waals surface area (Å²) in [5, 5.41) is 0.307. The Kier molecular flexibility index (Phi) is 5.87. The minimum absolute atomic E-state index is 0.205. The number of rotatable bonds is 5. The zero-order chi connectivity index (χ0) is 21.1. The van der Waals surface area contributed by atoms with E-state index in [4.69, 9.17) is 27.8 Å². The van der Waals surface area contributed by atoms with Gasteiger partial charge in [0.1, 0.15) is 17.6 Å². The highest BCUT2D eigenvalue weighted by Crippen LogP contribution is 2.26. The second-order valence-electron chi connectivity index (χ2n) is 7.29. The summed E-state index contributed by atoms with van der Waals surface area (Å²) in [5.41, 5.74) is 15.3. The van der Waals surface area contributed by atoms with Crippen molar-refractivity contribution in [1.29, 1.82) is 0 Å². The van der Waals surface area contributed by atoms with Crippen molar-refractivity contribution in [2.24, 2.45) is 0 Å². The minimum atomic E-state index is 0.205. The molecule has 4 N–H and O–H groups in total. The largest absolute Gasteiger partial charge is 0.470 e. The van der Waals surface area contributed by atoms with E-state index in [1.165, 1.54) is 5.69 Å². The maximum Gasteiger partial charge on any atom is 0.258 e. The number of anilines is 3. The molecule has 1 aromatic carbocycles. The molecule has 0 amide bonds. The topological polar surface area (TPSA) is 106 Å². The normalized spacial score (nSPS) is 14.7. The van der Waals surface area contributed by atoms with E-state index in [1.54, 1.807) is 18.3 Å².